The summed E-state index contributed by atoms with van der Waals surface area (Å²) in [6.45, 7) is 0. The van der Waals surface area contributed by atoms with E-state index < -0.39 is 5.97 Å². The van der Waals surface area contributed by atoms with Crippen molar-refractivity contribution in [3.8, 4) is 0 Å². The first kappa shape index (κ1) is 5.77. The SMILES string of the molecule is NOC(=O)c1ncco1. The highest BCUT2D eigenvalue weighted by molar-refractivity contribution is 5.83. The molecular formula is C4H4N2O3. The second-order valence-corrected chi connectivity index (χ2v) is 1.24. The smallest absolute Gasteiger partial charge is 0.413 e. The van der Waals surface area contributed by atoms with Gasteiger partial charge in [0.2, 0.25) is 0 Å². The summed E-state index contributed by atoms with van der Waals surface area (Å²) in [5.41, 5.74) is 0. The monoisotopic (exact) mass is 128 g/mol. The number of carbonyl (C=O) groups excluding carboxylic acids is 1. The first-order chi connectivity index (χ1) is 4.34. The lowest BCUT2D eigenvalue weighted by atomic mass is 10.7. The third kappa shape index (κ3) is 1.06. The molecule has 5 heteroatoms. The van der Waals surface area contributed by atoms with E-state index in [9.17, 15) is 4.79 Å². The Morgan fingerprint density at radius 3 is 3.11 bits per heavy atom. The zero-order chi connectivity index (χ0) is 6.69. The van der Waals surface area contributed by atoms with Crippen molar-refractivity contribution in [3.05, 3.63) is 18.4 Å². The summed E-state index contributed by atoms with van der Waals surface area (Å²) in [6.07, 6.45) is 2.58. The molecule has 0 aliphatic carbocycles. The lowest BCUT2D eigenvalue weighted by Gasteiger charge is -1.87. The molecule has 0 amide bonds. The third-order valence-corrected chi connectivity index (χ3v) is 0.714. The minimum atomic E-state index is -0.778. The predicted molar refractivity (Wildman–Crippen MR) is 26.1 cm³/mol. The molecule has 1 aromatic rings. The topological polar surface area (TPSA) is 78.4 Å². The molecule has 0 fully saturated rings. The highest BCUT2D eigenvalue weighted by atomic mass is 16.7. The van der Waals surface area contributed by atoms with Gasteiger partial charge in [-0.1, -0.05) is 0 Å². The second kappa shape index (κ2) is 2.27. The van der Waals surface area contributed by atoms with Gasteiger partial charge in [-0.25, -0.2) is 9.78 Å². The first-order valence-corrected chi connectivity index (χ1v) is 2.15. The minimum absolute atomic E-state index is 0.141. The van der Waals surface area contributed by atoms with E-state index in [0.29, 0.717) is 0 Å². The fourth-order valence-electron chi connectivity index (χ4n) is 0.375. The largest absolute Gasteiger partial charge is 0.440 e. The molecule has 5 nitrogen and oxygen atoms in total. The first-order valence-electron chi connectivity index (χ1n) is 2.15. The summed E-state index contributed by atoms with van der Waals surface area (Å²) in [6, 6.07) is 0. The van der Waals surface area contributed by atoms with Gasteiger partial charge in [0.15, 0.2) is 0 Å². The van der Waals surface area contributed by atoms with Crippen LogP contribution >= 0.6 is 0 Å². The van der Waals surface area contributed by atoms with Crippen LogP contribution in [-0.2, 0) is 4.84 Å². The summed E-state index contributed by atoms with van der Waals surface area (Å²) in [5, 5.41) is 0. The third-order valence-electron chi connectivity index (χ3n) is 0.714. The van der Waals surface area contributed by atoms with Crippen molar-refractivity contribution in [1.29, 1.82) is 0 Å². The van der Waals surface area contributed by atoms with Crippen LogP contribution in [0.15, 0.2) is 16.9 Å². The van der Waals surface area contributed by atoms with Gasteiger partial charge in [0.05, 0.1) is 6.20 Å². The van der Waals surface area contributed by atoms with Crippen LogP contribution in [0.1, 0.15) is 10.7 Å². The van der Waals surface area contributed by atoms with Crippen molar-refractivity contribution in [2.24, 2.45) is 5.90 Å². The maximum Gasteiger partial charge on any atom is 0.413 e. The van der Waals surface area contributed by atoms with Crippen molar-refractivity contribution in [2.75, 3.05) is 0 Å². The number of aromatic nitrogens is 1. The number of nitrogens with zero attached hydrogens (tertiary/aromatic N) is 1. The zero-order valence-corrected chi connectivity index (χ0v) is 4.40. The van der Waals surface area contributed by atoms with Crippen LogP contribution in [0.5, 0.6) is 0 Å². The maximum absolute atomic E-state index is 10.4. The van der Waals surface area contributed by atoms with Crippen LogP contribution < -0.4 is 5.90 Å². The van der Waals surface area contributed by atoms with Crippen molar-refractivity contribution in [3.63, 3.8) is 0 Å². The number of rotatable bonds is 1. The fourth-order valence-corrected chi connectivity index (χ4v) is 0.375. The Labute approximate surface area is 50.4 Å². The number of nitrogens with two attached hydrogens (primary N) is 1. The van der Waals surface area contributed by atoms with Crippen LogP contribution in [0.3, 0.4) is 0 Å². The highest BCUT2D eigenvalue weighted by Crippen LogP contribution is 1.93. The molecule has 0 aliphatic rings. The average molecular weight is 128 g/mol. The summed E-state index contributed by atoms with van der Waals surface area (Å²) >= 11 is 0. The Balaban J connectivity index is 2.77. The summed E-state index contributed by atoms with van der Waals surface area (Å²) in [7, 11) is 0. The highest BCUT2D eigenvalue weighted by Gasteiger charge is 2.09. The molecule has 1 rings (SSSR count). The lowest BCUT2D eigenvalue weighted by molar-refractivity contribution is 0.0457. The summed E-state index contributed by atoms with van der Waals surface area (Å²) in [5.74, 6) is 3.59. The van der Waals surface area contributed by atoms with Crippen molar-refractivity contribution >= 4 is 5.97 Å². The average Bonchev–Trinajstić information content (AvgIpc) is 2.37. The standard InChI is InChI=1S/C4H4N2O3/c5-9-4(7)3-6-1-2-8-3/h1-2H,5H2. The Morgan fingerprint density at radius 1 is 1.89 bits per heavy atom. The molecule has 0 aromatic carbocycles. The van der Waals surface area contributed by atoms with Gasteiger partial charge in [-0.15, -0.1) is 0 Å². The summed E-state index contributed by atoms with van der Waals surface area (Å²) < 4.78 is 4.52. The van der Waals surface area contributed by atoms with Crippen LogP contribution in [0.4, 0.5) is 0 Å². The molecule has 0 spiro atoms. The maximum atomic E-state index is 10.4. The molecule has 0 aliphatic heterocycles. The van der Waals surface area contributed by atoms with E-state index in [-0.39, 0.29) is 5.89 Å². The molecule has 0 radical (unpaired) electrons. The lowest BCUT2D eigenvalue weighted by Crippen LogP contribution is -2.09. The van der Waals surface area contributed by atoms with Crippen molar-refractivity contribution < 1.29 is 14.0 Å². The van der Waals surface area contributed by atoms with Gasteiger partial charge < -0.3 is 9.25 Å². The van der Waals surface area contributed by atoms with Crippen LogP contribution in [-0.4, -0.2) is 11.0 Å². The molecule has 0 atom stereocenters. The molecular weight excluding hydrogens is 124 g/mol. The predicted octanol–water partition coefficient (Wildman–Crippen LogP) is -0.295. The van der Waals surface area contributed by atoms with Crippen LogP contribution in [0.25, 0.3) is 0 Å². The fraction of sp³-hybridized carbons (Fsp3) is 0. The Kier molecular flexibility index (Phi) is 1.46. The molecule has 0 saturated heterocycles. The van der Waals surface area contributed by atoms with Crippen LogP contribution in [0.2, 0.25) is 0 Å². The molecule has 2 N–H and O–H groups in total. The van der Waals surface area contributed by atoms with E-state index in [2.05, 4.69) is 20.1 Å². The Hall–Kier alpha value is -1.36. The van der Waals surface area contributed by atoms with E-state index in [1.54, 1.807) is 0 Å². The molecule has 1 heterocycles. The number of hydrogen-bond acceptors (Lipinski definition) is 5. The van der Waals surface area contributed by atoms with E-state index in [4.69, 9.17) is 0 Å². The molecule has 1 aromatic heterocycles. The molecule has 0 bridgehead atoms. The van der Waals surface area contributed by atoms with E-state index in [0.717, 1.165) is 0 Å². The number of carbonyl (C=O) groups is 1. The molecule has 0 unspecified atom stereocenters. The van der Waals surface area contributed by atoms with Gasteiger partial charge in [0.25, 0.3) is 0 Å². The van der Waals surface area contributed by atoms with E-state index >= 15 is 0 Å². The molecule has 9 heavy (non-hydrogen) atoms. The second-order valence-electron chi connectivity index (χ2n) is 1.24. The van der Waals surface area contributed by atoms with Gasteiger partial charge in [0.1, 0.15) is 6.26 Å². The number of hydrogen-bond donors (Lipinski definition) is 1. The van der Waals surface area contributed by atoms with Gasteiger partial charge in [-0.05, 0) is 0 Å². The normalized spacial score (nSPS) is 9.00. The van der Waals surface area contributed by atoms with Crippen LogP contribution in [0, 0.1) is 0 Å². The van der Waals surface area contributed by atoms with E-state index in [1.165, 1.54) is 12.5 Å². The Bertz CT molecular complexity index is 194. The zero-order valence-electron chi connectivity index (χ0n) is 4.40. The molecule has 48 valence electrons. The van der Waals surface area contributed by atoms with Gasteiger partial charge in [-0.2, -0.15) is 5.90 Å². The summed E-state index contributed by atoms with van der Waals surface area (Å²) in [4.78, 5) is 17.6. The van der Waals surface area contributed by atoms with E-state index in [1.807, 2.05) is 0 Å². The van der Waals surface area contributed by atoms with Crippen molar-refractivity contribution in [1.82, 2.24) is 4.98 Å². The van der Waals surface area contributed by atoms with Gasteiger partial charge in [-0.3, -0.25) is 0 Å². The number of oxazole rings is 1. The van der Waals surface area contributed by atoms with Gasteiger partial charge >= 0.3 is 11.9 Å². The van der Waals surface area contributed by atoms with Crippen molar-refractivity contribution in [2.45, 2.75) is 0 Å². The minimum Gasteiger partial charge on any atom is -0.440 e. The quantitative estimate of drug-likeness (QED) is 0.525. The van der Waals surface area contributed by atoms with Gasteiger partial charge in [0, 0.05) is 0 Å². The Morgan fingerprint density at radius 2 is 2.67 bits per heavy atom. The molecule has 0 saturated carbocycles.